The van der Waals surface area contributed by atoms with Crippen molar-refractivity contribution in [3.05, 3.63) is 59.2 Å². The van der Waals surface area contributed by atoms with E-state index >= 15 is 0 Å². The minimum absolute atomic E-state index is 0.00287. The number of aryl methyl sites for hydroxylation is 1. The molecule has 0 aliphatic carbocycles. The van der Waals surface area contributed by atoms with Crippen molar-refractivity contribution >= 4 is 15.9 Å². The van der Waals surface area contributed by atoms with Crippen LogP contribution in [-0.2, 0) is 16.6 Å². The van der Waals surface area contributed by atoms with Gasteiger partial charge in [-0.25, -0.2) is 8.42 Å². The summed E-state index contributed by atoms with van der Waals surface area (Å²) < 4.78 is 32.3. The number of amides is 1. The Bertz CT molecular complexity index is 906. The summed E-state index contributed by atoms with van der Waals surface area (Å²) in [6, 6.07) is 12.3. The summed E-state index contributed by atoms with van der Waals surface area (Å²) >= 11 is 0. The van der Waals surface area contributed by atoms with E-state index in [0.717, 1.165) is 11.1 Å². The number of sulfonamides is 1. The maximum Gasteiger partial charge on any atom is 0.251 e. The molecule has 0 spiro atoms. The molecule has 2 aromatic carbocycles. The van der Waals surface area contributed by atoms with Gasteiger partial charge in [0, 0.05) is 25.2 Å². The number of rotatable bonds is 8. The number of hydrogen-bond acceptors (Lipinski definition) is 4. The zero-order valence-electron chi connectivity index (χ0n) is 16.2. The average molecular weight is 391 g/mol. The van der Waals surface area contributed by atoms with Gasteiger partial charge < -0.3 is 10.1 Å². The molecule has 6 nitrogen and oxygen atoms in total. The van der Waals surface area contributed by atoms with Crippen LogP contribution in [0.3, 0.4) is 0 Å². The third-order valence-corrected chi connectivity index (χ3v) is 6.36. The number of nitrogens with zero attached hydrogens (tertiary/aromatic N) is 1. The Balaban J connectivity index is 2.29. The zero-order valence-corrected chi connectivity index (χ0v) is 17.0. The molecule has 1 amide bonds. The van der Waals surface area contributed by atoms with E-state index in [-0.39, 0.29) is 22.1 Å². The SMILES string of the molecule is CCN(CC)S(=O)(=O)c1cc(C(=O)NCc2cccc(C)c2)ccc1OC. The molecule has 0 atom stereocenters. The largest absolute Gasteiger partial charge is 0.495 e. The molecule has 0 fully saturated rings. The molecule has 0 aliphatic rings. The second-order valence-corrected chi connectivity index (χ2v) is 8.03. The summed E-state index contributed by atoms with van der Waals surface area (Å²) in [4.78, 5) is 12.5. The third kappa shape index (κ3) is 4.87. The van der Waals surface area contributed by atoms with Gasteiger partial charge in [0.15, 0.2) is 0 Å². The highest BCUT2D eigenvalue weighted by molar-refractivity contribution is 7.89. The second kappa shape index (κ2) is 9.01. The molecule has 27 heavy (non-hydrogen) atoms. The van der Waals surface area contributed by atoms with Crippen LogP contribution in [0.5, 0.6) is 5.75 Å². The first kappa shape index (κ1) is 20.9. The molecule has 0 unspecified atom stereocenters. The first-order valence-corrected chi connectivity index (χ1v) is 10.3. The number of nitrogens with one attached hydrogen (secondary N) is 1. The Labute approximate surface area is 161 Å². The first-order chi connectivity index (χ1) is 12.8. The van der Waals surface area contributed by atoms with Crippen LogP contribution in [-0.4, -0.2) is 38.8 Å². The van der Waals surface area contributed by atoms with Crippen molar-refractivity contribution < 1.29 is 17.9 Å². The van der Waals surface area contributed by atoms with Crippen LogP contribution in [0.2, 0.25) is 0 Å². The van der Waals surface area contributed by atoms with Crippen LogP contribution in [0.15, 0.2) is 47.4 Å². The van der Waals surface area contributed by atoms with E-state index in [4.69, 9.17) is 4.74 Å². The van der Waals surface area contributed by atoms with Gasteiger partial charge in [-0.3, -0.25) is 4.79 Å². The van der Waals surface area contributed by atoms with E-state index in [1.807, 2.05) is 31.2 Å². The Kier molecular flexibility index (Phi) is 6.98. The van der Waals surface area contributed by atoms with E-state index in [0.29, 0.717) is 19.6 Å². The summed E-state index contributed by atoms with van der Waals surface area (Å²) in [5, 5.41) is 2.83. The third-order valence-electron chi connectivity index (χ3n) is 4.28. The Hall–Kier alpha value is -2.38. The number of benzene rings is 2. The molecule has 146 valence electrons. The average Bonchev–Trinajstić information content (AvgIpc) is 2.66. The van der Waals surface area contributed by atoms with Gasteiger partial charge in [-0.1, -0.05) is 43.7 Å². The van der Waals surface area contributed by atoms with Crippen molar-refractivity contribution in [2.75, 3.05) is 20.2 Å². The molecule has 0 heterocycles. The van der Waals surface area contributed by atoms with Crippen LogP contribution in [0.4, 0.5) is 0 Å². The van der Waals surface area contributed by atoms with Gasteiger partial charge in [-0.15, -0.1) is 0 Å². The van der Waals surface area contributed by atoms with E-state index in [9.17, 15) is 13.2 Å². The van der Waals surface area contributed by atoms with Crippen molar-refractivity contribution in [2.24, 2.45) is 0 Å². The quantitative estimate of drug-likeness (QED) is 0.752. The summed E-state index contributed by atoms with van der Waals surface area (Å²) in [6.07, 6.45) is 0. The first-order valence-electron chi connectivity index (χ1n) is 8.85. The van der Waals surface area contributed by atoms with E-state index < -0.39 is 10.0 Å². The number of carbonyl (C=O) groups is 1. The number of methoxy groups -OCH3 is 1. The van der Waals surface area contributed by atoms with Crippen molar-refractivity contribution in [1.82, 2.24) is 9.62 Å². The predicted octanol–water partition coefficient (Wildman–Crippen LogP) is 2.96. The van der Waals surface area contributed by atoms with Gasteiger partial charge in [0.05, 0.1) is 7.11 Å². The Morgan fingerprint density at radius 3 is 2.41 bits per heavy atom. The van der Waals surface area contributed by atoms with Gasteiger partial charge in [0.25, 0.3) is 5.91 Å². The van der Waals surface area contributed by atoms with Crippen molar-refractivity contribution in [3.8, 4) is 5.75 Å². The lowest BCUT2D eigenvalue weighted by molar-refractivity contribution is 0.0950. The normalized spacial score (nSPS) is 11.4. The summed E-state index contributed by atoms with van der Waals surface area (Å²) in [6.45, 7) is 6.57. The monoisotopic (exact) mass is 390 g/mol. The lowest BCUT2D eigenvalue weighted by atomic mass is 10.1. The molecule has 0 aromatic heterocycles. The fraction of sp³-hybridized carbons (Fsp3) is 0.350. The lowest BCUT2D eigenvalue weighted by Gasteiger charge is -2.20. The molecule has 0 saturated carbocycles. The number of ether oxygens (including phenoxy) is 1. The molecule has 0 aliphatic heterocycles. The molecule has 0 saturated heterocycles. The molecule has 0 radical (unpaired) electrons. The smallest absolute Gasteiger partial charge is 0.251 e. The summed E-state index contributed by atoms with van der Waals surface area (Å²) in [5.74, 6) is -0.118. The van der Waals surface area contributed by atoms with Gasteiger partial charge in [0.2, 0.25) is 10.0 Å². The minimum Gasteiger partial charge on any atom is -0.495 e. The summed E-state index contributed by atoms with van der Waals surface area (Å²) in [5.41, 5.74) is 2.36. The fourth-order valence-corrected chi connectivity index (χ4v) is 4.47. The van der Waals surface area contributed by atoms with Gasteiger partial charge >= 0.3 is 0 Å². The zero-order chi connectivity index (χ0) is 20.0. The minimum atomic E-state index is -3.74. The van der Waals surface area contributed by atoms with E-state index in [1.165, 1.54) is 23.5 Å². The molecule has 2 rings (SSSR count). The van der Waals surface area contributed by atoms with Crippen LogP contribution < -0.4 is 10.1 Å². The van der Waals surface area contributed by atoms with Crippen LogP contribution in [0, 0.1) is 6.92 Å². The van der Waals surface area contributed by atoms with Crippen LogP contribution in [0.1, 0.15) is 35.3 Å². The molecule has 2 aromatic rings. The molecule has 0 bridgehead atoms. The maximum absolute atomic E-state index is 12.9. The standard InChI is InChI=1S/C20H26N2O4S/c1-5-22(6-2)27(24,25)19-13-17(10-11-18(19)26-4)20(23)21-14-16-9-7-8-15(3)12-16/h7-13H,5-6,14H2,1-4H3,(H,21,23). The summed E-state index contributed by atoms with van der Waals surface area (Å²) in [7, 11) is -2.33. The van der Waals surface area contributed by atoms with Gasteiger partial charge in [-0.2, -0.15) is 4.31 Å². The fourth-order valence-electron chi connectivity index (χ4n) is 2.83. The highest BCUT2D eigenvalue weighted by Crippen LogP contribution is 2.28. The number of carbonyl (C=O) groups excluding carboxylic acids is 1. The van der Waals surface area contributed by atoms with E-state index in [2.05, 4.69) is 5.32 Å². The Morgan fingerprint density at radius 2 is 1.81 bits per heavy atom. The molecule has 1 N–H and O–H groups in total. The van der Waals surface area contributed by atoms with Crippen molar-refractivity contribution in [3.63, 3.8) is 0 Å². The van der Waals surface area contributed by atoms with Crippen LogP contribution >= 0.6 is 0 Å². The maximum atomic E-state index is 12.9. The van der Waals surface area contributed by atoms with E-state index in [1.54, 1.807) is 19.9 Å². The van der Waals surface area contributed by atoms with Crippen molar-refractivity contribution in [1.29, 1.82) is 0 Å². The lowest BCUT2D eigenvalue weighted by Crippen LogP contribution is -2.31. The molecule has 7 heteroatoms. The Morgan fingerprint density at radius 1 is 1.11 bits per heavy atom. The predicted molar refractivity (Wildman–Crippen MR) is 105 cm³/mol. The van der Waals surface area contributed by atoms with Gasteiger partial charge in [0.1, 0.15) is 10.6 Å². The molecular formula is C20H26N2O4S. The highest BCUT2D eigenvalue weighted by atomic mass is 32.2. The topological polar surface area (TPSA) is 75.7 Å². The number of hydrogen-bond donors (Lipinski definition) is 1. The molecular weight excluding hydrogens is 364 g/mol. The van der Waals surface area contributed by atoms with Crippen molar-refractivity contribution in [2.45, 2.75) is 32.2 Å². The van der Waals surface area contributed by atoms with Gasteiger partial charge in [-0.05, 0) is 30.7 Å². The highest BCUT2D eigenvalue weighted by Gasteiger charge is 2.26. The second-order valence-electron chi connectivity index (χ2n) is 6.13. The van der Waals surface area contributed by atoms with Crippen LogP contribution in [0.25, 0.3) is 0 Å².